The number of hydrogen-bond acceptors (Lipinski definition) is 3. The molecule has 0 radical (unpaired) electrons. The average Bonchev–Trinajstić information content (AvgIpc) is 2.55. The highest BCUT2D eigenvalue weighted by atomic mass is 19.4. The third kappa shape index (κ3) is 3.27. The van der Waals surface area contributed by atoms with E-state index in [4.69, 9.17) is 0 Å². The first-order valence-corrected chi connectivity index (χ1v) is 7.70. The van der Waals surface area contributed by atoms with Crippen molar-refractivity contribution in [1.82, 2.24) is 14.7 Å². The fourth-order valence-corrected chi connectivity index (χ4v) is 3.06. The average molecular weight is 339 g/mol. The monoisotopic (exact) mass is 339 g/mol. The predicted molar refractivity (Wildman–Crippen MR) is 80.7 cm³/mol. The Bertz CT molecular complexity index is 816. The van der Waals surface area contributed by atoms with Crippen LogP contribution in [0.4, 0.5) is 13.2 Å². The van der Waals surface area contributed by atoms with Crippen LogP contribution in [0.1, 0.15) is 36.0 Å². The van der Waals surface area contributed by atoms with E-state index in [1.54, 1.807) is 18.2 Å². The first-order chi connectivity index (χ1) is 11.4. The summed E-state index contributed by atoms with van der Waals surface area (Å²) in [5.74, 6) is -2.09. The number of alkyl halides is 3. The molecule has 2 heterocycles. The molecule has 1 N–H and O–H groups in total. The Hall–Kier alpha value is -2.38. The molecule has 2 aromatic rings. The molecule has 2 atom stereocenters. The van der Waals surface area contributed by atoms with Crippen LogP contribution in [0.5, 0.6) is 0 Å². The molecule has 5 nitrogen and oxygen atoms in total. The number of carbonyl (C=O) groups is 1. The number of hydrogen-bond donors (Lipinski definition) is 1. The minimum Gasteiger partial charge on any atom is -0.349 e. The van der Waals surface area contributed by atoms with Gasteiger partial charge >= 0.3 is 6.18 Å². The molecule has 0 aliphatic heterocycles. The van der Waals surface area contributed by atoms with E-state index < -0.39 is 29.6 Å². The van der Waals surface area contributed by atoms with Crippen LogP contribution in [0.3, 0.4) is 0 Å². The van der Waals surface area contributed by atoms with Crippen LogP contribution in [-0.2, 0) is 0 Å². The van der Waals surface area contributed by atoms with E-state index in [-0.39, 0.29) is 18.4 Å². The molecule has 1 aliphatic carbocycles. The van der Waals surface area contributed by atoms with Gasteiger partial charge in [0, 0.05) is 18.4 Å². The van der Waals surface area contributed by atoms with Crippen LogP contribution < -0.4 is 10.9 Å². The van der Waals surface area contributed by atoms with Crippen molar-refractivity contribution in [2.75, 3.05) is 0 Å². The highest BCUT2D eigenvalue weighted by Crippen LogP contribution is 2.37. The maximum absolute atomic E-state index is 12.8. The van der Waals surface area contributed by atoms with Gasteiger partial charge in [0.2, 0.25) is 0 Å². The quantitative estimate of drug-likeness (QED) is 0.915. The third-order valence-corrected chi connectivity index (χ3v) is 4.33. The molecule has 3 rings (SSSR count). The molecule has 1 amide bonds. The van der Waals surface area contributed by atoms with Gasteiger partial charge in [-0.1, -0.05) is 12.5 Å². The van der Waals surface area contributed by atoms with Crippen molar-refractivity contribution in [3.05, 3.63) is 46.5 Å². The van der Waals surface area contributed by atoms with Gasteiger partial charge in [-0.25, -0.2) is 4.98 Å². The van der Waals surface area contributed by atoms with Gasteiger partial charge in [-0.05, 0) is 31.4 Å². The summed E-state index contributed by atoms with van der Waals surface area (Å²) >= 11 is 0. The Labute approximate surface area is 135 Å². The molecule has 1 aliphatic rings. The van der Waals surface area contributed by atoms with Gasteiger partial charge < -0.3 is 5.32 Å². The summed E-state index contributed by atoms with van der Waals surface area (Å²) in [6.07, 6.45) is -0.815. The lowest BCUT2D eigenvalue weighted by molar-refractivity contribution is -0.183. The lowest BCUT2D eigenvalue weighted by atomic mass is 9.85. The zero-order valence-corrected chi connectivity index (χ0v) is 12.7. The lowest BCUT2D eigenvalue weighted by Crippen LogP contribution is -2.43. The van der Waals surface area contributed by atoms with Gasteiger partial charge in [-0.15, -0.1) is 0 Å². The summed E-state index contributed by atoms with van der Waals surface area (Å²) < 4.78 is 39.7. The molecule has 128 valence electrons. The summed E-state index contributed by atoms with van der Waals surface area (Å²) in [7, 11) is 0. The SMILES string of the molecule is O=C(NC1CCCC(C(F)(F)F)C1)c1cnc2ccccn2c1=O. The molecule has 1 fully saturated rings. The number of pyridine rings is 1. The smallest absolute Gasteiger partial charge is 0.349 e. The minimum absolute atomic E-state index is 0.0794. The maximum atomic E-state index is 12.8. The van der Waals surface area contributed by atoms with Crippen LogP contribution in [-0.4, -0.2) is 27.5 Å². The van der Waals surface area contributed by atoms with Crippen molar-refractivity contribution in [3.63, 3.8) is 0 Å². The van der Waals surface area contributed by atoms with E-state index in [9.17, 15) is 22.8 Å². The molecule has 0 spiro atoms. The third-order valence-electron chi connectivity index (χ3n) is 4.33. The number of fused-ring (bicyclic) bond motifs is 1. The first kappa shape index (κ1) is 16.5. The van der Waals surface area contributed by atoms with Crippen molar-refractivity contribution in [1.29, 1.82) is 0 Å². The molecular formula is C16H16F3N3O2. The van der Waals surface area contributed by atoms with E-state index >= 15 is 0 Å². The van der Waals surface area contributed by atoms with Crippen LogP contribution in [0.15, 0.2) is 35.4 Å². The second-order valence-electron chi connectivity index (χ2n) is 5.98. The van der Waals surface area contributed by atoms with Gasteiger partial charge in [-0.3, -0.25) is 14.0 Å². The topological polar surface area (TPSA) is 63.5 Å². The standard InChI is InChI=1S/C16H16F3N3O2/c17-16(18,19)10-4-3-5-11(8-10)21-14(23)12-9-20-13-6-1-2-7-22(13)15(12)24/h1-2,6-7,9-11H,3-5,8H2,(H,21,23). The Morgan fingerprint density at radius 1 is 1.29 bits per heavy atom. The fourth-order valence-electron chi connectivity index (χ4n) is 3.06. The largest absolute Gasteiger partial charge is 0.391 e. The molecule has 0 saturated heterocycles. The van der Waals surface area contributed by atoms with E-state index in [0.29, 0.717) is 18.5 Å². The summed E-state index contributed by atoms with van der Waals surface area (Å²) in [5, 5.41) is 2.55. The number of nitrogens with zero attached hydrogens (tertiary/aromatic N) is 2. The van der Waals surface area contributed by atoms with Crippen molar-refractivity contribution in [3.8, 4) is 0 Å². The molecule has 2 unspecified atom stereocenters. The zero-order valence-electron chi connectivity index (χ0n) is 12.7. The van der Waals surface area contributed by atoms with Crippen molar-refractivity contribution in [2.24, 2.45) is 5.92 Å². The van der Waals surface area contributed by atoms with Crippen LogP contribution >= 0.6 is 0 Å². The van der Waals surface area contributed by atoms with Crippen molar-refractivity contribution in [2.45, 2.75) is 37.9 Å². The normalized spacial score (nSPS) is 21.6. The molecule has 0 bridgehead atoms. The number of nitrogens with one attached hydrogen (secondary N) is 1. The van der Waals surface area contributed by atoms with Crippen LogP contribution in [0, 0.1) is 5.92 Å². The minimum atomic E-state index is -4.26. The van der Waals surface area contributed by atoms with Crippen molar-refractivity contribution < 1.29 is 18.0 Å². The van der Waals surface area contributed by atoms with Gasteiger partial charge in [-0.2, -0.15) is 13.2 Å². The first-order valence-electron chi connectivity index (χ1n) is 7.70. The molecule has 2 aromatic heterocycles. The highest BCUT2D eigenvalue weighted by molar-refractivity contribution is 5.93. The second-order valence-corrected chi connectivity index (χ2v) is 5.98. The Morgan fingerprint density at radius 3 is 2.83 bits per heavy atom. The van der Waals surface area contributed by atoms with E-state index in [2.05, 4.69) is 10.3 Å². The lowest BCUT2D eigenvalue weighted by Gasteiger charge is -2.30. The van der Waals surface area contributed by atoms with Crippen LogP contribution in [0.2, 0.25) is 0 Å². The van der Waals surface area contributed by atoms with Crippen LogP contribution in [0.25, 0.3) is 5.65 Å². The van der Waals surface area contributed by atoms with E-state index in [1.807, 2.05) is 0 Å². The summed E-state index contributed by atoms with van der Waals surface area (Å²) in [4.78, 5) is 28.6. The fraction of sp³-hybridized carbons (Fsp3) is 0.438. The number of amides is 1. The predicted octanol–water partition coefficient (Wildman–Crippen LogP) is 2.55. The van der Waals surface area contributed by atoms with Gasteiger partial charge in [0.15, 0.2) is 0 Å². The Balaban J connectivity index is 1.78. The summed E-state index contributed by atoms with van der Waals surface area (Å²) in [5.41, 5.74) is -0.317. The Morgan fingerprint density at radius 2 is 2.08 bits per heavy atom. The molecule has 0 aromatic carbocycles. The number of carbonyl (C=O) groups excluding carboxylic acids is 1. The maximum Gasteiger partial charge on any atom is 0.391 e. The molecule has 8 heteroatoms. The zero-order chi connectivity index (χ0) is 17.3. The van der Waals surface area contributed by atoms with Gasteiger partial charge in [0.1, 0.15) is 11.2 Å². The second kappa shape index (κ2) is 6.26. The number of aromatic nitrogens is 2. The van der Waals surface area contributed by atoms with Gasteiger partial charge in [0.25, 0.3) is 11.5 Å². The van der Waals surface area contributed by atoms with Gasteiger partial charge in [0.05, 0.1) is 5.92 Å². The number of halogens is 3. The van der Waals surface area contributed by atoms with E-state index in [1.165, 1.54) is 10.6 Å². The molecule has 24 heavy (non-hydrogen) atoms. The molecule has 1 saturated carbocycles. The van der Waals surface area contributed by atoms with Crippen molar-refractivity contribution >= 4 is 11.6 Å². The highest BCUT2D eigenvalue weighted by Gasteiger charge is 2.42. The number of rotatable bonds is 2. The molecular weight excluding hydrogens is 323 g/mol. The van der Waals surface area contributed by atoms with E-state index in [0.717, 1.165) is 6.20 Å². The summed E-state index contributed by atoms with van der Waals surface area (Å²) in [6.45, 7) is 0. The summed E-state index contributed by atoms with van der Waals surface area (Å²) in [6, 6.07) is 4.37. The Kier molecular flexibility index (Phi) is 4.29.